The summed E-state index contributed by atoms with van der Waals surface area (Å²) < 4.78 is 10.5. The molecule has 0 aliphatic rings. The van der Waals surface area contributed by atoms with Crippen molar-refractivity contribution >= 4 is 22.9 Å². The monoisotopic (exact) mass is 328 g/mol. The average molecular weight is 328 g/mol. The molecule has 1 atom stereocenters. The number of fused-ring (bicyclic) bond motifs is 1. The Morgan fingerprint density at radius 2 is 2.12 bits per heavy atom. The highest BCUT2D eigenvalue weighted by Crippen LogP contribution is 2.27. The molecule has 0 fully saturated rings. The molecule has 3 aromatic rings. The summed E-state index contributed by atoms with van der Waals surface area (Å²) in [6.45, 7) is 3.32. The Labute approximate surface area is 137 Å². The predicted octanol–water partition coefficient (Wildman–Crippen LogP) is 1.66. The molecule has 0 saturated heterocycles. The molecule has 24 heavy (non-hydrogen) atoms. The van der Waals surface area contributed by atoms with E-state index in [2.05, 4.69) is 20.8 Å². The molecule has 0 saturated carbocycles. The molecule has 2 amide bonds. The van der Waals surface area contributed by atoms with Crippen LogP contribution in [0.15, 0.2) is 33.4 Å². The molecule has 0 radical (unpaired) electrons. The van der Waals surface area contributed by atoms with E-state index in [0.717, 1.165) is 0 Å². The van der Waals surface area contributed by atoms with Crippen LogP contribution in [0.3, 0.4) is 0 Å². The molecule has 124 valence electrons. The van der Waals surface area contributed by atoms with E-state index in [1.54, 1.807) is 32.0 Å². The lowest BCUT2D eigenvalue weighted by molar-refractivity contribution is -0.122. The lowest BCUT2D eigenvalue weighted by Crippen LogP contribution is -2.43. The van der Waals surface area contributed by atoms with Gasteiger partial charge in [-0.05, 0) is 32.0 Å². The molecular weight excluding hydrogens is 312 g/mol. The number of pyridine rings is 1. The largest absolute Gasteiger partial charge is 0.463 e. The van der Waals surface area contributed by atoms with E-state index in [1.165, 1.54) is 13.3 Å². The Morgan fingerprint density at radius 3 is 2.79 bits per heavy atom. The van der Waals surface area contributed by atoms with E-state index in [9.17, 15) is 9.59 Å². The minimum Gasteiger partial charge on any atom is -0.463 e. The molecule has 3 aromatic heterocycles. The summed E-state index contributed by atoms with van der Waals surface area (Å²) in [5.74, 6) is -0.209. The van der Waals surface area contributed by atoms with E-state index in [0.29, 0.717) is 28.1 Å². The molecule has 3 rings (SSSR count). The maximum Gasteiger partial charge on any atom is 0.259 e. The number of hydrogen-bond acceptors (Lipinski definition) is 6. The molecule has 8 heteroatoms. The topological polar surface area (TPSA) is 110 Å². The molecular formula is C16H16N4O4. The van der Waals surface area contributed by atoms with Crippen LogP contribution in [-0.4, -0.2) is 35.0 Å². The lowest BCUT2D eigenvalue weighted by atomic mass is 10.1. The van der Waals surface area contributed by atoms with Crippen LogP contribution in [0, 0.1) is 6.92 Å². The maximum atomic E-state index is 12.6. The first kappa shape index (κ1) is 15.7. The SMILES string of the molecule is CNC(=O)[C@@H](C)NC(=O)c1cc(-c2ccco2)nc2onc(C)c12. The van der Waals surface area contributed by atoms with E-state index in [1.807, 2.05) is 0 Å². The molecule has 0 aromatic carbocycles. The number of aromatic nitrogens is 2. The summed E-state index contributed by atoms with van der Waals surface area (Å²) in [5.41, 5.74) is 1.54. The normalized spacial score (nSPS) is 12.1. The van der Waals surface area contributed by atoms with Crippen molar-refractivity contribution in [3.8, 4) is 11.5 Å². The Kier molecular flexibility index (Phi) is 4.03. The molecule has 2 N–H and O–H groups in total. The van der Waals surface area contributed by atoms with Gasteiger partial charge in [-0.25, -0.2) is 4.98 Å². The van der Waals surface area contributed by atoms with Gasteiger partial charge in [0.25, 0.3) is 11.6 Å². The molecule has 0 aliphatic carbocycles. The van der Waals surface area contributed by atoms with Crippen molar-refractivity contribution in [1.82, 2.24) is 20.8 Å². The number of amides is 2. The highest BCUT2D eigenvalue weighted by Gasteiger charge is 2.22. The zero-order valence-electron chi connectivity index (χ0n) is 13.4. The van der Waals surface area contributed by atoms with Gasteiger partial charge in [-0.2, -0.15) is 0 Å². The predicted molar refractivity (Wildman–Crippen MR) is 85.2 cm³/mol. The third-order valence-corrected chi connectivity index (χ3v) is 3.62. The standard InChI is InChI=1S/C16H16N4O4/c1-8-13-10(15(22)18-9(2)14(21)17-3)7-11(12-5-4-6-23-12)19-16(13)24-20-8/h4-7,9H,1-3H3,(H,17,21)(H,18,22)/t9-/m1/s1. The van der Waals surface area contributed by atoms with Crippen LogP contribution in [0.5, 0.6) is 0 Å². The Bertz CT molecular complexity index is 898. The van der Waals surface area contributed by atoms with Crippen LogP contribution >= 0.6 is 0 Å². The van der Waals surface area contributed by atoms with Gasteiger partial charge in [0.2, 0.25) is 5.91 Å². The second kappa shape index (κ2) is 6.15. The summed E-state index contributed by atoms with van der Waals surface area (Å²) in [7, 11) is 1.51. The van der Waals surface area contributed by atoms with E-state index in [-0.39, 0.29) is 11.6 Å². The highest BCUT2D eigenvalue weighted by atomic mass is 16.5. The van der Waals surface area contributed by atoms with E-state index >= 15 is 0 Å². The maximum absolute atomic E-state index is 12.6. The quantitative estimate of drug-likeness (QED) is 0.753. The van der Waals surface area contributed by atoms with Crippen LogP contribution in [0.4, 0.5) is 0 Å². The number of nitrogens with one attached hydrogen (secondary N) is 2. The van der Waals surface area contributed by atoms with Gasteiger partial charge >= 0.3 is 0 Å². The molecule has 0 spiro atoms. The number of likely N-dealkylation sites (N-methyl/N-ethyl adjacent to an activating group) is 1. The van der Waals surface area contributed by atoms with Gasteiger partial charge in [0.15, 0.2) is 5.76 Å². The van der Waals surface area contributed by atoms with Crippen molar-refractivity contribution in [2.45, 2.75) is 19.9 Å². The van der Waals surface area contributed by atoms with Gasteiger partial charge in [0.1, 0.15) is 11.7 Å². The number of rotatable bonds is 4. The number of aryl methyl sites for hydroxylation is 1. The van der Waals surface area contributed by atoms with Crippen LogP contribution in [0.2, 0.25) is 0 Å². The van der Waals surface area contributed by atoms with E-state index < -0.39 is 11.9 Å². The second-order valence-corrected chi connectivity index (χ2v) is 5.29. The number of nitrogens with zero attached hydrogens (tertiary/aromatic N) is 2. The first-order valence-electron chi connectivity index (χ1n) is 7.34. The van der Waals surface area contributed by atoms with Crippen molar-refractivity contribution in [3.05, 3.63) is 35.7 Å². The van der Waals surface area contributed by atoms with Crippen LogP contribution in [-0.2, 0) is 4.79 Å². The zero-order valence-corrected chi connectivity index (χ0v) is 13.4. The minimum atomic E-state index is -0.682. The van der Waals surface area contributed by atoms with Gasteiger partial charge in [0.05, 0.1) is 22.9 Å². The van der Waals surface area contributed by atoms with Crippen LogP contribution in [0.1, 0.15) is 23.0 Å². The first-order valence-corrected chi connectivity index (χ1v) is 7.34. The van der Waals surface area contributed by atoms with Crippen LogP contribution < -0.4 is 10.6 Å². The second-order valence-electron chi connectivity index (χ2n) is 5.29. The van der Waals surface area contributed by atoms with Crippen molar-refractivity contribution < 1.29 is 18.5 Å². The third kappa shape index (κ3) is 2.73. The average Bonchev–Trinajstić information content (AvgIpc) is 3.23. The lowest BCUT2D eigenvalue weighted by Gasteiger charge is -2.13. The summed E-state index contributed by atoms with van der Waals surface area (Å²) >= 11 is 0. The number of carbonyl (C=O) groups is 2. The zero-order chi connectivity index (χ0) is 17.3. The van der Waals surface area contributed by atoms with Crippen molar-refractivity contribution in [2.24, 2.45) is 0 Å². The molecule has 3 heterocycles. The van der Waals surface area contributed by atoms with E-state index in [4.69, 9.17) is 8.94 Å². The summed E-state index contributed by atoms with van der Waals surface area (Å²) in [5, 5.41) is 9.51. The molecule has 8 nitrogen and oxygen atoms in total. The fourth-order valence-electron chi connectivity index (χ4n) is 2.38. The Hall–Kier alpha value is -3.16. The molecule has 0 bridgehead atoms. The number of carbonyl (C=O) groups excluding carboxylic acids is 2. The van der Waals surface area contributed by atoms with Gasteiger partial charge in [-0.1, -0.05) is 5.16 Å². The third-order valence-electron chi connectivity index (χ3n) is 3.62. The fraction of sp³-hybridized carbons (Fsp3) is 0.250. The molecule has 0 aliphatic heterocycles. The first-order chi connectivity index (χ1) is 11.5. The Morgan fingerprint density at radius 1 is 1.33 bits per heavy atom. The molecule has 0 unspecified atom stereocenters. The van der Waals surface area contributed by atoms with Gasteiger partial charge in [0, 0.05) is 7.05 Å². The number of hydrogen-bond donors (Lipinski definition) is 2. The summed E-state index contributed by atoms with van der Waals surface area (Å²) in [6, 6.07) is 4.36. The number of furan rings is 1. The van der Waals surface area contributed by atoms with Crippen molar-refractivity contribution in [2.75, 3.05) is 7.05 Å². The highest BCUT2D eigenvalue weighted by molar-refractivity contribution is 6.08. The van der Waals surface area contributed by atoms with Crippen molar-refractivity contribution in [1.29, 1.82) is 0 Å². The Balaban J connectivity index is 2.06. The smallest absolute Gasteiger partial charge is 0.259 e. The van der Waals surface area contributed by atoms with Gasteiger partial charge in [-0.15, -0.1) is 0 Å². The van der Waals surface area contributed by atoms with Gasteiger partial charge < -0.3 is 19.6 Å². The van der Waals surface area contributed by atoms with Crippen molar-refractivity contribution in [3.63, 3.8) is 0 Å². The summed E-state index contributed by atoms with van der Waals surface area (Å²) in [6.07, 6.45) is 1.51. The minimum absolute atomic E-state index is 0.235. The fourth-order valence-corrected chi connectivity index (χ4v) is 2.38. The van der Waals surface area contributed by atoms with Crippen LogP contribution in [0.25, 0.3) is 22.6 Å². The summed E-state index contributed by atoms with van der Waals surface area (Å²) in [4.78, 5) is 28.6. The van der Waals surface area contributed by atoms with Gasteiger partial charge in [-0.3, -0.25) is 9.59 Å².